The van der Waals surface area contributed by atoms with E-state index in [2.05, 4.69) is 26.3 Å². The van der Waals surface area contributed by atoms with E-state index in [4.69, 9.17) is 5.73 Å². The van der Waals surface area contributed by atoms with Crippen molar-refractivity contribution in [3.8, 4) is 22.4 Å². The minimum Gasteiger partial charge on any atom is -0.368 e. The molecule has 0 unspecified atom stereocenters. The van der Waals surface area contributed by atoms with E-state index in [1.807, 2.05) is 36.1 Å². The fourth-order valence-electron chi connectivity index (χ4n) is 3.33. The van der Waals surface area contributed by atoms with Gasteiger partial charge in [0.25, 0.3) is 5.91 Å². The highest BCUT2D eigenvalue weighted by Crippen LogP contribution is 2.31. The van der Waals surface area contributed by atoms with Crippen LogP contribution in [0.25, 0.3) is 22.4 Å². The molecule has 27 heavy (non-hydrogen) atoms. The molecule has 7 nitrogen and oxygen atoms in total. The zero-order valence-electron chi connectivity index (χ0n) is 15.2. The molecule has 0 atom stereocenters. The summed E-state index contributed by atoms with van der Waals surface area (Å²) in [5.74, 6) is 0.208. The first-order valence-corrected chi connectivity index (χ1v) is 9.00. The van der Waals surface area contributed by atoms with E-state index in [9.17, 15) is 4.79 Å². The molecule has 1 aromatic carbocycles. The van der Waals surface area contributed by atoms with Gasteiger partial charge in [-0.25, -0.2) is 9.97 Å². The van der Waals surface area contributed by atoms with Gasteiger partial charge in [0.05, 0.1) is 5.69 Å². The predicted molar refractivity (Wildman–Crippen MR) is 105 cm³/mol. The summed E-state index contributed by atoms with van der Waals surface area (Å²) in [6.45, 7) is 5.10. The van der Waals surface area contributed by atoms with Crippen LogP contribution in [0.15, 0.2) is 42.7 Å². The number of nitrogens with two attached hydrogens (primary N) is 1. The monoisotopic (exact) mass is 362 g/mol. The number of aromatic amines is 1. The Morgan fingerprint density at radius 2 is 2.00 bits per heavy atom. The lowest BCUT2D eigenvalue weighted by Crippen LogP contribution is -2.46. The van der Waals surface area contributed by atoms with E-state index in [0.29, 0.717) is 24.5 Å². The number of nitrogens with one attached hydrogen (secondary N) is 2. The Bertz CT molecular complexity index is 974. The first-order chi connectivity index (χ1) is 13.1. The summed E-state index contributed by atoms with van der Waals surface area (Å²) in [5.41, 5.74) is 11.0. The summed E-state index contributed by atoms with van der Waals surface area (Å²) in [5, 5.41) is 3.25. The normalized spacial score (nSPS) is 14.3. The number of piperazine rings is 1. The number of amides is 1. The van der Waals surface area contributed by atoms with E-state index >= 15 is 0 Å². The van der Waals surface area contributed by atoms with E-state index in [-0.39, 0.29) is 11.9 Å². The lowest BCUT2D eigenvalue weighted by Gasteiger charge is -2.26. The summed E-state index contributed by atoms with van der Waals surface area (Å²) in [4.78, 5) is 26.3. The van der Waals surface area contributed by atoms with Gasteiger partial charge in [-0.1, -0.05) is 29.8 Å². The Balaban J connectivity index is 1.71. The van der Waals surface area contributed by atoms with Crippen molar-refractivity contribution in [1.29, 1.82) is 0 Å². The molecule has 1 aliphatic heterocycles. The average Bonchev–Trinajstić information content (AvgIpc) is 3.18. The molecule has 0 spiro atoms. The van der Waals surface area contributed by atoms with Crippen LogP contribution in [0.3, 0.4) is 0 Å². The van der Waals surface area contributed by atoms with Gasteiger partial charge in [-0.2, -0.15) is 0 Å². The van der Waals surface area contributed by atoms with Gasteiger partial charge in [-0.3, -0.25) is 4.79 Å². The maximum absolute atomic E-state index is 12.7. The molecule has 1 fully saturated rings. The third-order valence-corrected chi connectivity index (χ3v) is 4.73. The summed E-state index contributed by atoms with van der Waals surface area (Å²) in [6, 6.07) is 9.98. The number of nitrogen functional groups attached to an aromatic ring is 1. The van der Waals surface area contributed by atoms with Crippen molar-refractivity contribution in [1.82, 2.24) is 25.2 Å². The second-order valence-corrected chi connectivity index (χ2v) is 6.70. The van der Waals surface area contributed by atoms with Crippen LogP contribution in [0, 0.1) is 6.92 Å². The largest absolute Gasteiger partial charge is 0.368 e. The van der Waals surface area contributed by atoms with Crippen LogP contribution in [0.2, 0.25) is 0 Å². The van der Waals surface area contributed by atoms with Crippen molar-refractivity contribution in [2.24, 2.45) is 0 Å². The Morgan fingerprint density at radius 1 is 1.19 bits per heavy atom. The summed E-state index contributed by atoms with van der Waals surface area (Å²) >= 11 is 0. The number of carbonyl (C=O) groups excluding carboxylic acids is 1. The van der Waals surface area contributed by atoms with Gasteiger partial charge in [0.1, 0.15) is 5.69 Å². The van der Waals surface area contributed by atoms with Crippen LogP contribution in [-0.4, -0.2) is 51.9 Å². The van der Waals surface area contributed by atoms with E-state index in [0.717, 1.165) is 35.3 Å². The van der Waals surface area contributed by atoms with Crippen LogP contribution in [0.4, 0.5) is 5.95 Å². The number of rotatable bonds is 3. The quantitative estimate of drug-likeness (QED) is 0.662. The number of carbonyl (C=O) groups is 1. The molecule has 1 amide bonds. The van der Waals surface area contributed by atoms with Crippen molar-refractivity contribution < 1.29 is 4.79 Å². The second kappa shape index (κ2) is 7.20. The number of aromatic nitrogens is 3. The van der Waals surface area contributed by atoms with Crippen LogP contribution < -0.4 is 11.1 Å². The summed E-state index contributed by atoms with van der Waals surface area (Å²) in [7, 11) is 0. The average molecular weight is 362 g/mol. The van der Waals surface area contributed by atoms with Crippen molar-refractivity contribution in [2.75, 3.05) is 31.9 Å². The first kappa shape index (κ1) is 17.2. The molecule has 138 valence electrons. The number of H-pyrrole nitrogens is 1. The number of benzene rings is 1. The highest BCUT2D eigenvalue weighted by molar-refractivity contribution is 5.94. The van der Waals surface area contributed by atoms with E-state index < -0.39 is 0 Å². The molecule has 3 aromatic rings. The number of hydrogen-bond donors (Lipinski definition) is 3. The fourth-order valence-corrected chi connectivity index (χ4v) is 3.33. The molecule has 0 saturated carbocycles. The lowest BCUT2D eigenvalue weighted by atomic mass is 10.0. The van der Waals surface area contributed by atoms with Crippen molar-refractivity contribution in [3.05, 3.63) is 54.0 Å². The molecule has 1 aliphatic rings. The summed E-state index contributed by atoms with van der Waals surface area (Å²) in [6.07, 6.45) is 3.54. The van der Waals surface area contributed by atoms with Crippen LogP contribution in [0.1, 0.15) is 16.1 Å². The molecule has 7 heteroatoms. The van der Waals surface area contributed by atoms with Gasteiger partial charge in [0.15, 0.2) is 0 Å². The zero-order chi connectivity index (χ0) is 18.8. The van der Waals surface area contributed by atoms with Crippen LogP contribution >= 0.6 is 0 Å². The topological polar surface area (TPSA) is 99.9 Å². The number of aryl methyl sites for hydroxylation is 1. The Morgan fingerprint density at radius 3 is 2.78 bits per heavy atom. The highest BCUT2D eigenvalue weighted by atomic mass is 16.2. The number of anilines is 1. The van der Waals surface area contributed by atoms with Gasteiger partial charge < -0.3 is 20.9 Å². The molecule has 0 radical (unpaired) electrons. The molecule has 4 N–H and O–H groups in total. The van der Waals surface area contributed by atoms with Crippen molar-refractivity contribution in [2.45, 2.75) is 6.92 Å². The van der Waals surface area contributed by atoms with Crippen LogP contribution in [0.5, 0.6) is 0 Å². The summed E-state index contributed by atoms with van der Waals surface area (Å²) < 4.78 is 0. The molecular formula is C20H22N6O. The Labute approximate surface area is 157 Å². The van der Waals surface area contributed by atoms with Crippen molar-refractivity contribution in [3.63, 3.8) is 0 Å². The van der Waals surface area contributed by atoms with Gasteiger partial charge in [0, 0.05) is 49.7 Å². The minimum atomic E-state index is 0.00174. The standard InChI is InChI=1S/C20H22N6O/c1-13-3-2-4-14(9-13)16-12-24-20(21)25-18(16)15-10-17(23-11-15)19(27)26-7-5-22-6-8-26/h2-4,9-12,22-23H,5-8H2,1H3,(H2,21,24,25). The van der Waals surface area contributed by atoms with Gasteiger partial charge in [-0.15, -0.1) is 0 Å². The maximum Gasteiger partial charge on any atom is 0.270 e. The lowest BCUT2D eigenvalue weighted by molar-refractivity contribution is 0.0730. The van der Waals surface area contributed by atoms with Crippen molar-refractivity contribution >= 4 is 11.9 Å². The molecule has 3 heterocycles. The van der Waals surface area contributed by atoms with Gasteiger partial charge >= 0.3 is 0 Å². The highest BCUT2D eigenvalue weighted by Gasteiger charge is 2.21. The third-order valence-electron chi connectivity index (χ3n) is 4.73. The first-order valence-electron chi connectivity index (χ1n) is 9.00. The van der Waals surface area contributed by atoms with E-state index in [1.54, 1.807) is 12.4 Å². The maximum atomic E-state index is 12.7. The molecule has 2 aromatic heterocycles. The Kier molecular flexibility index (Phi) is 4.60. The third kappa shape index (κ3) is 3.54. The molecule has 0 bridgehead atoms. The zero-order valence-corrected chi connectivity index (χ0v) is 15.2. The smallest absolute Gasteiger partial charge is 0.270 e. The molecular weight excluding hydrogens is 340 g/mol. The molecule has 0 aliphatic carbocycles. The molecule has 1 saturated heterocycles. The van der Waals surface area contributed by atoms with Gasteiger partial charge in [0.2, 0.25) is 5.95 Å². The van der Waals surface area contributed by atoms with Crippen LogP contribution in [-0.2, 0) is 0 Å². The number of nitrogens with zero attached hydrogens (tertiary/aromatic N) is 3. The second-order valence-electron chi connectivity index (χ2n) is 6.70. The van der Waals surface area contributed by atoms with Gasteiger partial charge in [-0.05, 0) is 18.6 Å². The Hall–Kier alpha value is -3.19. The number of hydrogen-bond acceptors (Lipinski definition) is 5. The van der Waals surface area contributed by atoms with E-state index in [1.165, 1.54) is 0 Å². The minimum absolute atomic E-state index is 0.00174. The predicted octanol–water partition coefficient (Wildman–Crippen LogP) is 2.07. The SMILES string of the molecule is Cc1cccc(-c2cnc(N)nc2-c2c[nH]c(C(=O)N3CCNCC3)c2)c1. The molecule has 4 rings (SSSR count). The fraction of sp³-hybridized carbons (Fsp3) is 0.250.